The van der Waals surface area contributed by atoms with Crippen molar-refractivity contribution in [1.29, 1.82) is 0 Å². The zero-order valence-electron chi connectivity index (χ0n) is 11.1. The molecule has 0 amide bonds. The van der Waals surface area contributed by atoms with E-state index < -0.39 is 0 Å². The second kappa shape index (κ2) is 4.87. The van der Waals surface area contributed by atoms with Crippen molar-refractivity contribution in [2.75, 3.05) is 19.6 Å². The van der Waals surface area contributed by atoms with Gasteiger partial charge in [-0.05, 0) is 45.6 Å². The lowest BCUT2D eigenvalue weighted by Crippen LogP contribution is -2.50. The summed E-state index contributed by atoms with van der Waals surface area (Å²) in [5.41, 5.74) is 5.95. The molecule has 2 saturated heterocycles. The molecule has 0 bridgehead atoms. The summed E-state index contributed by atoms with van der Waals surface area (Å²) in [5, 5.41) is 0. The number of nitrogens with two attached hydrogens (primary N) is 1. The Balaban J connectivity index is 1.63. The van der Waals surface area contributed by atoms with Gasteiger partial charge >= 0.3 is 0 Å². The first kappa shape index (κ1) is 11.9. The fourth-order valence-corrected chi connectivity index (χ4v) is 3.94. The van der Waals surface area contributed by atoms with Crippen molar-refractivity contribution in [3.05, 3.63) is 0 Å². The Bertz CT molecular complexity index is 264. The van der Waals surface area contributed by atoms with Crippen LogP contribution in [-0.2, 0) is 0 Å². The fourth-order valence-electron chi connectivity index (χ4n) is 3.94. The van der Waals surface area contributed by atoms with E-state index >= 15 is 0 Å². The number of likely N-dealkylation sites (tertiary alicyclic amines) is 2. The van der Waals surface area contributed by atoms with E-state index in [9.17, 15) is 0 Å². The lowest BCUT2D eigenvalue weighted by Gasteiger charge is -2.39. The second-order valence-electron chi connectivity index (χ2n) is 6.29. The molecule has 2 aliphatic heterocycles. The first-order valence-electron chi connectivity index (χ1n) is 7.51. The standard InChI is InChI=1S/C14H27N3/c1-11-8-14(10-17(11)12-5-6-12)16-7-3-2-4-13(16)9-15/h11-14H,2-10,15H2,1H3. The normalized spacial score (nSPS) is 40.9. The number of hydrogen-bond donors (Lipinski definition) is 1. The molecule has 3 fully saturated rings. The molecule has 0 aromatic rings. The minimum Gasteiger partial charge on any atom is -0.329 e. The van der Waals surface area contributed by atoms with Gasteiger partial charge in [-0.2, -0.15) is 0 Å². The van der Waals surface area contributed by atoms with Gasteiger partial charge in [-0.3, -0.25) is 9.80 Å². The van der Waals surface area contributed by atoms with Gasteiger partial charge < -0.3 is 5.73 Å². The van der Waals surface area contributed by atoms with E-state index in [4.69, 9.17) is 5.73 Å². The summed E-state index contributed by atoms with van der Waals surface area (Å²) >= 11 is 0. The first-order chi connectivity index (χ1) is 8.29. The van der Waals surface area contributed by atoms with Gasteiger partial charge in [0.2, 0.25) is 0 Å². The van der Waals surface area contributed by atoms with Gasteiger partial charge in [0.05, 0.1) is 0 Å². The lowest BCUT2D eigenvalue weighted by atomic mass is 9.99. The second-order valence-corrected chi connectivity index (χ2v) is 6.29. The Kier molecular flexibility index (Phi) is 3.42. The van der Waals surface area contributed by atoms with Crippen LogP contribution in [0.15, 0.2) is 0 Å². The average molecular weight is 237 g/mol. The number of nitrogens with zero attached hydrogens (tertiary/aromatic N) is 2. The third kappa shape index (κ3) is 2.38. The van der Waals surface area contributed by atoms with E-state index in [-0.39, 0.29) is 0 Å². The quantitative estimate of drug-likeness (QED) is 0.806. The third-order valence-corrected chi connectivity index (χ3v) is 5.03. The molecule has 0 spiro atoms. The van der Waals surface area contributed by atoms with Crippen LogP contribution in [0, 0.1) is 0 Å². The molecule has 2 heterocycles. The molecule has 2 N–H and O–H groups in total. The Hall–Kier alpha value is -0.120. The van der Waals surface area contributed by atoms with Crippen molar-refractivity contribution >= 4 is 0 Å². The van der Waals surface area contributed by atoms with Crippen LogP contribution in [0.2, 0.25) is 0 Å². The molecule has 17 heavy (non-hydrogen) atoms. The molecule has 3 rings (SSSR count). The van der Waals surface area contributed by atoms with Crippen LogP contribution in [-0.4, -0.2) is 53.6 Å². The average Bonchev–Trinajstić information content (AvgIpc) is 3.13. The summed E-state index contributed by atoms with van der Waals surface area (Å²) in [7, 11) is 0. The summed E-state index contributed by atoms with van der Waals surface area (Å²) in [6.07, 6.45) is 8.34. The summed E-state index contributed by atoms with van der Waals surface area (Å²) in [6.45, 7) is 5.87. The van der Waals surface area contributed by atoms with Crippen LogP contribution in [0.3, 0.4) is 0 Å². The van der Waals surface area contributed by atoms with E-state index in [0.717, 1.165) is 24.7 Å². The zero-order chi connectivity index (χ0) is 11.8. The molecule has 0 radical (unpaired) electrons. The maximum absolute atomic E-state index is 5.95. The molecule has 1 saturated carbocycles. The van der Waals surface area contributed by atoms with E-state index in [2.05, 4.69) is 16.7 Å². The minimum atomic E-state index is 0.667. The molecular weight excluding hydrogens is 210 g/mol. The predicted octanol–water partition coefficient (Wildman–Crippen LogP) is 1.42. The molecule has 0 aromatic carbocycles. The monoisotopic (exact) mass is 237 g/mol. The van der Waals surface area contributed by atoms with Gasteiger partial charge in [-0.15, -0.1) is 0 Å². The predicted molar refractivity (Wildman–Crippen MR) is 71.0 cm³/mol. The summed E-state index contributed by atoms with van der Waals surface area (Å²) in [5.74, 6) is 0. The summed E-state index contributed by atoms with van der Waals surface area (Å²) in [6, 6.07) is 3.18. The SMILES string of the molecule is CC1CC(N2CCCCC2CN)CN1C1CC1. The maximum atomic E-state index is 5.95. The Morgan fingerprint density at radius 3 is 2.59 bits per heavy atom. The summed E-state index contributed by atoms with van der Waals surface area (Å²) in [4.78, 5) is 5.50. The van der Waals surface area contributed by atoms with E-state index in [0.29, 0.717) is 6.04 Å². The van der Waals surface area contributed by atoms with Crippen LogP contribution >= 0.6 is 0 Å². The highest BCUT2D eigenvalue weighted by Gasteiger charge is 2.41. The highest BCUT2D eigenvalue weighted by atomic mass is 15.3. The van der Waals surface area contributed by atoms with Crippen LogP contribution in [0.4, 0.5) is 0 Å². The molecule has 1 aliphatic carbocycles. The van der Waals surface area contributed by atoms with E-state index in [1.165, 1.54) is 51.6 Å². The summed E-state index contributed by atoms with van der Waals surface area (Å²) < 4.78 is 0. The molecule has 3 unspecified atom stereocenters. The van der Waals surface area contributed by atoms with Crippen molar-refractivity contribution in [2.24, 2.45) is 5.73 Å². The van der Waals surface area contributed by atoms with Crippen molar-refractivity contribution < 1.29 is 0 Å². The van der Waals surface area contributed by atoms with Crippen molar-refractivity contribution in [3.63, 3.8) is 0 Å². The molecule has 3 atom stereocenters. The van der Waals surface area contributed by atoms with Gasteiger partial charge in [0.25, 0.3) is 0 Å². The molecule has 3 aliphatic rings. The topological polar surface area (TPSA) is 32.5 Å². The molecular formula is C14H27N3. The highest BCUT2D eigenvalue weighted by Crippen LogP contribution is 2.36. The van der Waals surface area contributed by atoms with Crippen LogP contribution < -0.4 is 5.73 Å². The van der Waals surface area contributed by atoms with Crippen molar-refractivity contribution in [3.8, 4) is 0 Å². The Morgan fingerprint density at radius 2 is 1.88 bits per heavy atom. The van der Waals surface area contributed by atoms with Crippen LogP contribution in [0.25, 0.3) is 0 Å². The smallest absolute Gasteiger partial charge is 0.0241 e. The van der Waals surface area contributed by atoms with Gasteiger partial charge in [-0.1, -0.05) is 6.42 Å². The fraction of sp³-hybridized carbons (Fsp3) is 1.00. The number of rotatable bonds is 3. The van der Waals surface area contributed by atoms with Crippen LogP contribution in [0.5, 0.6) is 0 Å². The van der Waals surface area contributed by atoms with E-state index in [1.54, 1.807) is 0 Å². The maximum Gasteiger partial charge on any atom is 0.0241 e. The Labute approximate surface area is 105 Å². The van der Waals surface area contributed by atoms with Crippen molar-refractivity contribution in [1.82, 2.24) is 9.80 Å². The van der Waals surface area contributed by atoms with Crippen molar-refractivity contribution in [2.45, 2.75) is 69.6 Å². The number of piperidine rings is 1. The minimum absolute atomic E-state index is 0.667. The van der Waals surface area contributed by atoms with E-state index in [1.807, 2.05) is 0 Å². The Morgan fingerprint density at radius 1 is 1.06 bits per heavy atom. The van der Waals surface area contributed by atoms with Gasteiger partial charge in [-0.25, -0.2) is 0 Å². The number of hydrogen-bond acceptors (Lipinski definition) is 3. The third-order valence-electron chi connectivity index (χ3n) is 5.03. The van der Waals surface area contributed by atoms with Gasteiger partial charge in [0.15, 0.2) is 0 Å². The molecule has 98 valence electrons. The zero-order valence-corrected chi connectivity index (χ0v) is 11.1. The largest absolute Gasteiger partial charge is 0.329 e. The first-order valence-corrected chi connectivity index (χ1v) is 7.51. The molecule has 0 aromatic heterocycles. The van der Waals surface area contributed by atoms with Crippen LogP contribution in [0.1, 0.15) is 45.4 Å². The molecule has 3 nitrogen and oxygen atoms in total. The van der Waals surface area contributed by atoms with Gasteiger partial charge in [0.1, 0.15) is 0 Å². The highest BCUT2D eigenvalue weighted by molar-refractivity contribution is 4.98. The van der Waals surface area contributed by atoms with Gasteiger partial charge in [0, 0.05) is 37.3 Å². The molecule has 3 heteroatoms. The lowest BCUT2D eigenvalue weighted by molar-refractivity contribution is 0.101.